The van der Waals surface area contributed by atoms with Crippen molar-refractivity contribution in [3.63, 3.8) is 0 Å². The molecule has 0 bridgehead atoms. The van der Waals surface area contributed by atoms with E-state index in [4.69, 9.17) is 10.8 Å². The van der Waals surface area contributed by atoms with E-state index in [1.54, 1.807) is 4.57 Å². The molecular formula is C10H12N6O2. The molecule has 3 heterocycles. The minimum atomic E-state index is -0.415. The normalized spacial score (nSPS) is 23.5. The SMILES string of the molecule is Nc1ncnc2c1ncn2C1CC(CO)NC1=O. The number of anilines is 1. The Labute approximate surface area is 102 Å². The maximum absolute atomic E-state index is 11.8. The molecule has 8 heteroatoms. The summed E-state index contributed by atoms with van der Waals surface area (Å²) in [5.41, 5.74) is 6.70. The molecule has 4 N–H and O–H groups in total. The van der Waals surface area contributed by atoms with Gasteiger partial charge in [0.05, 0.1) is 19.0 Å². The van der Waals surface area contributed by atoms with Crippen LogP contribution < -0.4 is 11.1 Å². The highest BCUT2D eigenvalue weighted by Crippen LogP contribution is 2.25. The second-order valence-electron chi connectivity index (χ2n) is 4.22. The van der Waals surface area contributed by atoms with E-state index < -0.39 is 6.04 Å². The average molecular weight is 248 g/mol. The van der Waals surface area contributed by atoms with Crippen LogP contribution in [0.4, 0.5) is 5.82 Å². The van der Waals surface area contributed by atoms with Crippen LogP contribution in [0.25, 0.3) is 11.2 Å². The fourth-order valence-corrected chi connectivity index (χ4v) is 2.19. The third-order valence-corrected chi connectivity index (χ3v) is 3.10. The summed E-state index contributed by atoms with van der Waals surface area (Å²) in [4.78, 5) is 23.9. The third kappa shape index (κ3) is 1.50. The van der Waals surface area contributed by atoms with E-state index in [0.717, 1.165) is 0 Å². The van der Waals surface area contributed by atoms with Crippen molar-refractivity contribution < 1.29 is 9.90 Å². The van der Waals surface area contributed by atoms with E-state index in [2.05, 4.69) is 20.3 Å². The first kappa shape index (κ1) is 10.9. The lowest BCUT2D eigenvalue weighted by Gasteiger charge is -2.09. The number of nitrogen functional groups attached to an aromatic ring is 1. The lowest BCUT2D eigenvalue weighted by Crippen LogP contribution is -2.29. The van der Waals surface area contributed by atoms with Gasteiger partial charge in [-0.25, -0.2) is 15.0 Å². The van der Waals surface area contributed by atoms with Gasteiger partial charge in [0.25, 0.3) is 0 Å². The minimum Gasteiger partial charge on any atom is -0.394 e. The molecule has 0 spiro atoms. The molecule has 1 saturated heterocycles. The first-order valence-electron chi connectivity index (χ1n) is 5.55. The molecule has 0 aromatic carbocycles. The number of hydrogen-bond acceptors (Lipinski definition) is 6. The number of fused-ring (bicyclic) bond motifs is 1. The Morgan fingerprint density at radius 2 is 2.33 bits per heavy atom. The maximum atomic E-state index is 11.8. The first-order valence-corrected chi connectivity index (χ1v) is 5.55. The van der Waals surface area contributed by atoms with Gasteiger partial charge in [0, 0.05) is 0 Å². The van der Waals surface area contributed by atoms with Gasteiger partial charge in [-0.2, -0.15) is 0 Å². The maximum Gasteiger partial charge on any atom is 0.243 e. The summed E-state index contributed by atoms with van der Waals surface area (Å²) in [5.74, 6) is 0.140. The number of nitrogens with two attached hydrogens (primary N) is 1. The van der Waals surface area contributed by atoms with E-state index in [9.17, 15) is 4.79 Å². The summed E-state index contributed by atoms with van der Waals surface area (Å²) in [6.45, 7) is -0.0774. The van der Waals surface area contributed by atoms with Crippen molar-refractivity contribution in [2.45, 2.75) is 18.5 Å². The summed E-state index contributed by atoms with van der Waals surface area (Å²) < 4.78 is 1.67. The molecule has 1 aliphatic heterocycles. The van der Waals surface area contributed by atoms with Gasteiger partial charge in [0.2, 0.25) is 5.91 Å². The Morgan fingerprint density at radius 1 is 1.50 bits per heavy atom. The van der Waals surface area contributed by atoms with Crippen LogP contribution in [0.3, 0.4) is 0 Å². The largest absolute Gasteiger partial charge is 0.394 e. The van der Waals surface area contributed by atoms with Crippen molar-refractivity contribution in [3.8, 4) is 0 Å². The second-order valence-corrected chi connectivity index (χ2v) is 4.22. The molecule has 8 nitrogen and oxygen atoms in total. The van der Waals surface area contributed by atoms with E-state index in [1.807, 2.05) is 0 Å². The number of carbonyl (C=O) groups is 1. The molecule has 1 amide bonds. The van der Waals surface area contributed by atoms with Crippen molar-refractivity contribution in [2.24, 2.45) is 0 Å². The van der Waals surface area contributed by atoms with Gasteiger partial charge in [-0.05, 0) is 6.42 Å². The highest BCUT2D eigenvalue weighted by atomic mass is 16.3. The van der Waals surface area contributed by atoms with Crippen molar-refractivity contribution in [1.82, 2.24) is 24.8 Å². The summed E-state index contributed by atoms with van der Waals surface area (Å²) in [6, 6.07) is -0.638. The van der Waals surface area contributed by atoms with Crippen LogP contribution >= 0.6 is 0 Å². The predicted molar refractivity (Wildman–Crippen MR) is 62.4 cm³/mol. The summed E-state index contributed by atoms with van der Waals surface area (Å²) >= 11 is 0. The standard InChI is InChI=1S/C10H12N6O2/c11-8-7-9(13-3-12-8)16(4-14-7)6-1-5(2-17)15-10(6)18/h3-6,17H,1-2H2,(H,15,18)(H2,11,12,13). The van der Waals surface area contributed by atoms with Gasteiger partial charge >= 0.3 is 0 Å². The van der Waals surface area contributed by atoms with Crippen molar-refractivity contribution >= 4 is 22.9 Å². The molecule has 1 fully saturated rings. The molecule has 2 aromatic heterocycles. The average Bonchev–Trinajstić information content (AvgIpc) is 2.93. The molecule has 2 aromatic rings. The molecule has 94 valence electrons. The zero-order valence-corrected chi connectivity index (χ0v) is 9.45. The number of aliphatic hydroxyl groups excluding tert-OH is 1. The van der Waals surface area contributed by atoms with Crippen molar-refractivity contribution in [2.75, 3.05) is 12.3 Å². The number of hydrogen-bond donors (Lipinski definition) is 3. The van der Waals surface area contributed by atoms with Crippen LogP contribution in [0.2, 0.25) is 0 Å². The molecule has 0 saturated carbocycles. The Bertz CT molecular complexity index is 609. The van der Waals surface area contributed by atoms with Crippen molar-refractivity contribution in [1.29, 1.82) is 0 Å². The number of nitrogens with zero attached hydrogens (tertiary/aromatic N) is 4. The Morgan fingerprint density at radius 3 is 3.06 bits per heavy atom. The summed E-state index contributed by atoms with van der Waals surface area (Å²) in [6.07, 6.45) is 3.37. The van der Waals surface area contributed by atoms with Crippen LogP contribution in [0.1, 0.15) is 12.5 Å². The highest BCUT2D eigenvalue weighted by Gasteiger charge is 2.33. The molecule has 2 atom stereocenters. The number of aromatic nitrogens is 4. The van der Waals surface area contributed by atoms with Gasteiger partial charge in [-0.15, -0.1) is 0 Å². The second kappa shape index (κ2) is 3.91. The Balaban J connectivity index is 2.05. The Kier molecular flexibility index (Phi) is 2.37. The van der Waals surface area contributed by atoms with E-state index in [0.29, 0.717) is 17.6 Å². The molecular weight excluding hydrogens is 236 g/mol. The lowest BCUT2D eigenvalue weighted by molar-refractivity contribution is -0.122. The number of amides is 1. The monoisotopic (exact) mass is 248 g/mol. The van der Waals surface area contributed by atoms with Crippen molar-refractivity contribution in [3.05, 3.63) is 12.7 Å². The number of nitrogens with one attached hydrogen (secondary N) is 1. The summed E-state index contributed by atoms with van der Waals surface area (Å²) in [5, 5.41) is 11.8. The topological polar surface area (TPSA) is 119 Å². The van der Waals surface area contributed by atoms with E-state index in [-0.39, 0.29) is 24.4 Å². The van der Waals surface area contributed by atoms with E-state index in [1.165, 1.54) is 12.7 Å². The Hall–Kier alpha value is -2.22. The molecule has 18 heavy (non-hydrogen) atoms. The van der Waals surface area contributed by atoms with Crippen LogP contribution in [0, 0.1) is 0 Å². The van der Waals surface area contributed by atoms with Crippen LogP contribution in [0.15, 0.2) is 12.7 Å². The first-order chi connectivity index (χ1) is 8.70. The lowest BCUT2D eigenvalue weighted by atomic mass is 10.2. The predicted octanol–water partition coefficient (Wildman–Crippen LogP) is -1.17. The number of rotatable bonds is 2. The zero-order chi connectivity index (χ0) is 12.7. The number of carbonyl (C=O) groups excluding carboxylic acids is 1. The minimum absolute atomic E-state index is 0.0774. The quantitative estimate of drug-likeness (QED) is 0.616. The van der Waals surface area contributed by atoms with Gasteiger partial charge in [0.15, 0.2) is 11.5 Å². The van der Waals surface area contributed by atoms with Crippen LogP contribution in [-0.4, -0.2) is 43.2 Å². The number of aliphatic hydroxyl groups is 1. The molecule has 0 radical (unpaired) electrons. The smallest absolute Gasteiger partial charge is 0.243 e. The van der Waals surface area contributed by atoms with Gasteiger partial charge in [0.1, 0.15) is 17.9 Å². The van der Waals surface area contributed by atoms with Crippen LogP contribution in [-0.2, 0) is 4.79 Å². The molecule has 1 aliphatic rings. The van der Waals surface area contributed by atoms with Crippen LogP contribution in [0.5, 0.6) is 0 Å². The van der Waals surface area contributed by atoms with Gasteiger partial charge in [-0.3, -0.25) is 4.79 Å². The summed E-state index contributed by atoms with van der Waals surface area (Å²) in [7, 11) is 0. The highest BCUT2D eigenvalue weighted by molar-refractivity contribution is 5.87. The zero-order valence-electron chi connectivity index (χ0n) is 9.45. The molecule has 0 aliphatic carbocycles. The fraction of sp³-hybridized carbons (Fsp3) is 0.400. The number of imidazole rings is 1. The molecule has 2 unspecified atom stereocenters. The van der Waals surface area contributed by atoms with Gasteiger partial charge < -0.3 is 20.7 Å². The third-order valence-electron chi connectivity index (χ3n) is 3.10. The molecule has 3 rings (SSSR count). The fourth-order valence-electron chi connectivity index (χ4n) is 2.19. The van der Waals surface area contributed by atoms with Gasteiger partial charge in [-0.1, -0.05) is 0 Å². The van der Waals surface area contributed by atoms with E-state index >= 15 is 0 Å².